The molecule has 0 aliphatic heterocycles. The van der Waals surface area contributed by atoms with Gasteiger partial charge in [-0.05, 0) is 24.6 Å². The number of aryl methyl sites for hydroxylation is 2. The number of benzene rings is 1. The molecular weight excluding hydrogens is 250 g/mol. The Kier molecular flexibility index (Phi) is 3.59. The summed E-state index contributed by atoms with van der Waals surface area (Å²) in [5, 5.41) is 15.0. The van der Waals surface area contributed by atoms with Crippen molar-refractivity contribution in [3.05, 3.63) is 46.2 Å². The largest absolute Gasteiger partial charge is 0.399 e. The van der Waals surface area contributed by atoms with E-state index in [-0.39, 0.29) is 0 Å². The van der Waals surface area contributed by atoms with Crippen LogP contribution in [0.15, 0.2) is 24.3 Å². The molecule has 0 aliphatic carbocycles. The van der Waals surface area contributed by atoms with E-state index in [1.165, 1.54) is 0 Å². The summed E-state index contributed by atoms with van der Waals surface area (Å²) in [6.07, 6.45) is -0.159. The highest BCUT2D eigenvalue weighted by molar-refractivity contribution is 6.30. The molecule has 5 heteroatoms. The van der Waals surface area contributed by atoms with Gasteiger partial charge in [0.05, 0.1) is 11.8 Å². The SMILES string of the molecule is Cc1nn(C)c(Cl)c1CC(O)c1ccc(N)cc1. The van der Waals surface area contributed by atoms with E-state index >= 15 is 0 Å². The molecule has 0 saturated carbocycles. The number of nitrogens with two attached hydrogens (primary N) is 1. The van der Waals surface area contributed by atoms with Crippen LogP contribution in [-0.4, -0.2) is 14.9 Å². The van der Waals surface area contributed by atoms with Crippen molar-refractivity contribution in [1.82, 2.24) is 9.78 Å². The Morgan fingerprint density at radius 1 is 1.39 bits per heavy atom. The summed E-state index contributed by atoms with van der Waals surface area (Å²) in [4.78, 5) is 0. The number of rotatable bonds is 3. The van der Waals surface area contributed by atoms with E-state index in [4.69, 9.17) is 17.3 Å². The fourth-order valence-electron chi connectivity index (χ4n) is 1.94. The minimum Gasteiger partial charge on any atom is -0.399 e. The lowest BCUT2D eigenvalue weighted by Crippen LogP contribution is -2.03. The minimum absolute atomic E-state index is 0.447. The topological polar surface area (TPSA) is 64.1 Å². The third-order valence-electron chi connectivity index (χ3n) is 2.99. The van der Waals surface area contributed by atoms with E-state index < -0.39 is 6.10 Å². The fourth-order valence-corrected chi connectivity index (χ4v) is 2.19. The number of anilines is 1. The molecule has 1 aromatic carbocycles. The van der Waals surface area contributed by atoms with Gasteiger partial charge in [0.25, 0.3) is 0 Å². The molecule has 1 unspecified atom stereocenters. The maximum Gasteiger partial charge on any atom is 0.130 e. The maximum atomic E-state index is 10.2. The van der Waals surface area contributed by atoms with E-state index in [0.717, 1.165) is 16.8 Å². The van der Waals surface area contributed by atoms with Crippen LogP contribution in [0, 0.1) is 6.92 Å². The zero-order chi connectivity index (χ0) is 13.3. The molecule has 0 amide bonds. The molecule has 0 spiro atoms. The summed E-state index contributed by atoms with van der Waals surface area (Å²) in [5.41, 5.74) is 8.84. The summed E-state index contributed by atoms with van der Waals surface area (Å²) in [5.74, 6) is 0. The number of halogens is 1. The molecule has 18 heavy (non-hydrogen) atoms. The van der Waals surface area contributed by atoms with Gasteiger partial charge in [-0.2, -0.15) is 5.10 Å². The molecule has 0 radical (unpaired) electrons. The lowest BCUT2D eigenvalue weighted by Gasteiger charge is -2.11. The van der Waals surface area contributed by atoms with Crippen molar-refractivity contribution in [2.24, 2.45) is 7.05 Å². The zero-order valence-corrected chi connectivity index (χ0v) is 11.1. The van der Waals surface area contributed by atoms with Gasteiger partial charge in [-0.3, -0.25) is 4.68 Å². The van der Waals surface area contributed by atoms with E-state index in [0.29, 0.717) is 17.3 Å². The normalized spacial score (nSPS) is 12.7. The Labute approximate surface area is 111 Å². The monoisotopic (exact) mass is 265 g/mol. The first-order valence-corrected chi connectivity index (χ1v) is 6.08. The van der Waals surface area contributed by atoms with E-state index in [1.54, 1.807) is 23.9 Å². The Morgan fingerprint density at radius 3 is 2.50 bits per heavy atom. The number of aliphatic hydroxyl groups excluding tert-OH is 1. The van der Waals surface area contributed by atoms with E-state index in [1.807, 2.05) is 19.1 Å². The highest BCUT2D eigenvalue weighted by Crippen LogP contribution is 2.26. The lowest BCUT2D eigenvalue weighted by molar-refractivity contribution is 0.178. The van der Waals surface area contributed by atoms with E-state index in [2.05, 4.69) is 5.10 Å². The van der Waals surface area contributed by atoms with Crippen molar-refractivity contribution in [3.8, 4) is 0 Å². The second-order valence-electron chi connectivity index (χ2n) is 4.36. The van der Waals surface area contributed by atoms with Crippen LogP contribution in [0.2, 0.25) is 5.15 Å². The molecule has 1 atom stereocenters. The van der Waals surface area contributed by atoms with Crippen LogP contribution >= 0.6 is 11.6 Å². The van der Waals surface area contributed by atoms with Gasteiger partial charge >= 0.3 is 0 Å². The van der Waals surface area contributed by atoms with Gasteiger partial charge in [-0.1, -0.05) is 23.7 Å². The third-order valence-corrected chi connectivity index (χ3v) is 3.46. The third kappa shape index (κ3) is 2.49. The number of nitrogens with zero attached hydrogens (tertiary/aromatic N) is 2. The number of aromatic nitrogens is 2. The first-order valence-electron chi connectivity index (χ1n) is 5.70. The van der Waals surface area contributed by atoms with Crippen molar-refractivity contribution >= 4 is 17.3 Å². The first-order chi connectivity index (χ1) is 8.49. The highest BCUT2D eigenvalue weighted by Gasteiger charge is 2.16. The van der Waals surface area contributed by atoms with Gasteiger partial charge in [0, 0.05) is 24.7 Å². The standard InChI is InChI=1S/C13H16ClN3O/c1-8-11(13(14)17(2)16-8)7-12(18)9-3-5-10(15)6-4-9/h3-6,12,18H,7,15H2,1-2H3. The van der Waals surface area contributed by atoms with Gasteiger partial charge in [0.2, 0.25) is 0 Å². The lowest BCUT2D eigenvalue weighted by atomic mass is 10.0. The van der Waals surface area contributed by atoms with Gasteiger partial charge in [0.15, 0.2) is 0 Å². The second-order valence-corrected chi connectivity index (χ2v) is 4.72. The van der Waals surface area contributed by atoms with Gasteiger partial charge < -0.3 is 10.8 Å². The molecule has 96 valence electrons. The van der Waals surface area contributed by atoms with Crippen LogP contribution in [0.1, 0.15) is 22.9 Å². The summed E-state index contributed by atoms with van der Waals surface area (Å²) >= 11 is 6.14. The van der Waals surface area contributed by atoms with Crippen LogP contribution in [0.25, 0.3) is 0 Å². The summed E-state index contributed by atoms with van der Waals surface area (Å²) < 4.78 is 1.61. The van der Waals surface area contributed by atoms with Crippen molar-refractivity contribution in [1.29, 1.82) is 0 Å². The molecule has 1 heterocycles. The van der Waals surface area contributed by atoms with Gasteiger partial charge in [0.1, 0.15) is 5.15 Å². The van der Waals surface area contributed by atoms with Crippen LogP contribution in [0.5, 0.6) is 0 Å². The van der Waals surface area contributed by atoms with Crippen LogP contribution in [-0.2, 0) is 13.5 Å². The average molecular weight is 266 g/mol. The fraction of sp³-hybridized carbons (Fsp3) is 0.308. The molecule has 3 N–H and O–H groups in total. The number of hydrogen-bond donors (Lipinski definition) is 2. The van der Waals surface area contributed by atoms with Crippen molar-refractivity contribution < 1.29 is 5.11 Å². The van der Waals surface area contributed by atoms with Crippen molar-refractivity contribution in [3.63, 3.8) is 0 Å². The molecule has 1 aromatic heterocycles. The van der Waals surface area contributed by atoms with E-state index in [9.17, 15) is 5.11 Å². The average Bonchev–Trinajstić information content (AvgIpc) is 2.57. The summed E-state index contributed by atoms with van der Waals surface area (Å²) in [7, 11) is 1.79. The molecule has 0 bridgehead atoms. The van der Waals surface area contributed by atoms with Crippen LogP contribution < -0.4 is 5.73 Å². The minimum atomic E-state index is -0.606. The molecule has 2 aromatic rings. The summed E-state index contributed by atoms with van der Waals surface area (Å²) in [6.45, 7) is 1.89. The summed E-state index contributed by atoms with van der Waals surface area (Å²) in [6, 6.07) is 7.19. The number of aliphatic hydroxyl groups is 1. The zero-order valence-electron chi connectivity index (χ0n) is 10.4. The number of nitrogen functional groups attached to an aromatic ring is 1. The molecule has 2 rings (SSSR count). The highest BCUT2D eigenvalue weighted by atomic mass is 35.5. The van der Waals surface area contributed by atoms with Gasteiger partial charge in [-0.15, -0.1) is 0 Å². The van der Waals surface area contributed by atoms with Crippen LogP contribution in [0.4, 0.5) is 5.69 Å². The smallest absolute Gasteiger partial charge is 0.130 e. The maximum absolute atomic E-state index is 10.2. The molecule has 0 fully saturated rings. The molecule has 0 aliphatic rings. The van der Waals surface area contributed by atoms with Crippen molar-refractivity contribution in [2.45, 2.75) is 19.4 Å². The first kappa shape index (κ1) is 12.9. The Balaban J connectivity index is 2.21. The Bertz CT molecular complexity index is 548. The Hall–Kier alpha value is -1.52. The molecule has 4 nitrogen and oxygen atoms in total. The second kappa shape index (κ2) is 5.00. The molecular formula is C13H16ClN3O. The van der Waals surface area contributed by atoms with Crippen molar-refractivity contribution in [2.75, 3.05) is 5.73 Å². The predicted octanol–water partition coefficient (Wildman–Crippen LogP) is 2.24. The van der Waals surface area contributed by atoms with Crippen LogP contribution in [0.3, 0.4) is 0 Å². The van der Waals surface area contributed by atoms with Gasteiger partial charge in [-0.25, -0.2) is 0 Å². The number of hydrogen-bond acceptors (Lipinski definition) is 3. The predicted molar refractivity (Wildman–Crippen MR) is 72.5 cm³/mol. The quantitative estimate of drug-likeness (QED) is 0.837. The molecule has 0 saturated heterocycles. The Morgan fingerprint density at radius 2 is 2.00 bits per heavy atom.